The van der Waals surface area contributed by atoms with Crippen molar-refractivity contribution in [3.8, 4) is 17.1 Å². The summed E-state index contributed by atoms with van der Waals surface area (Å²) in [4.78, 5) is 33.4. The molecule has 0 spiro atoms. The van der Waals surface area contributed by atoms with Crippen LogP contribution in [0.5, 0.6) is 5.75 Å². The van der Waals surface area contributed by atoms with E-state index in [-0.39, 0.29) is 5.75 Å². The van der Waals surface area contributed by atoms with Gasteiger partial charge in [-0.15, -0.1) is 0 Å². The van der Waals surface area contributed by atoms with E-state index in [4.69, 9.17) is 24.3 Å². The van der Waals surface area contributed by atoms with Crippen LogP contribution in [0.4, 0.5) is 9.18 Å². The molecule has 2 heterocycles. The van der Waals surface area contributed by atoms with Crippen molar-refractivity contribution in [3.05, 3.63) is 55.0 Å². The number of aliphatic hydroxyl groups is 1. The summed E-state index contributed by atoms with van der Waals surface area (Å²) in [7, 11) is -4.39. The molecule has 1 aliphatic rings. The van der Waals surface area contributed by atoms with Gasteiger partial charge < -0.3 is 24.8 Å². The predicted octanol–water partition coefficient (Wildman–Crippen LogP) is 3.31. The second-order valence-electron chi connectivity index (χ2n) is 9.67. The van der Waals surface area contributed by atoms with Gasteiger partial charge in [0.15, 0.2) is 17.7 Å². The van der Waals surface area contributed by atoms with Gasteiger partial charge in [-0.25, -0.2) is 23.7 Å². The highest BCUT2D eigenvalue weighted by Gasteiger charge is 2.57. The molecule has 6 atom stereocenters. The van der Waals surface area contributed by atoms with Crippen molar-refractivity contribution >= 4 is 19.7 Å². The number of aliphatic hydroxyl groups excluding tert-OH is 1. The number of nitrogens with zero attached hydrogens (tertiary/aromatic N) is 3. The number of hydrogen-bond acceptors (Lipinski definition) is 10. The Labute approximate surface area is 237 Å². The molecule has 0 saturated carbocycles. The van der Waals surface area contributed by atoms with Gasteiger partial charge in [-0.3, -0.25) is 14.2 Å². The van der Waals surface area contributed by atoms with Crippen LogP contribution in [0.1, 0.15) is 34.6 Å². The molecule has 2 amide bonds. The lowest BCUT2D eigenvalue weighted by Gasteiger charge is -2.30. The molecule has 1 saturated heterocycles. The number of carbonyl (C=O) groups excluding carboxylic acids is 2. The molecular formula is C26H35FN5O8P. The summed E-state index contributed by atoms with van der Waals surface area (Å²) in [6.45, 7) is 6.69. The number of allylic oxidation sites excluding steroid dienone is 1. The fraction of sp³-hybridized carbons (Fsp3) is 0.462. The first kappa shape index (κ1) is 32.1. The number of hydrogen-bond donors (Lipinski definition) is 3. The average Bonchev–Trinajstić information content (AvgIpc) is 3.14. The number of alkyl halides is 1. The molecule has 4 N–H and O–H groups in total. The van der Waals surface area contributed by atoms with E-state index >= 15 is 4.39 Å². The van der Waals surface area contributed by atoms with E-state index in [0.29, 0.717) is 11.4 Å². The van der Waals surface area contributed by atoms with E-state index in [0.717, 1.165) is 11.8 Å². The predicted molar refractivity (Wildman–Crippen MR) is 146 cm³/mol. The summed E-state index contributed by atoms with van der Waals surface area (Å²) in [6.07, 6.45) is 0.598. The topological polar surface area (TPSA) is 175 Å². The first-order valence-electron chi connectivity index (χ1n) is 12.8. The normalized spacial score (nSPS) is 24.6. The number of primary amides is 1. The van der Waals surface area contributed by atoms with Crippen LogP contribution >= 0.6 is 7.75 Å². The van der Waals surface area contributed by atoms with Crippen LogP contribution in [-0.2, 0) is 23.4 Å². The molecule has 3 rings (SSSR count). The van der Waals surface area contributed by atoms with Gasteiger partial charge in [0.2, 0.25) is 0 Å². The first-order chi connectivity index (χ1) is 19.3. The lowest BCUT2D eigenvalue weighted by atomic mass is 9.98. The Hall–Kier alpha value is -3.42. The average molecular weight is 596 g/mol. The summed E-state index contributed by atoms with van der Waals surface area (Å²) in [5.74, 6) is -0.166. The van der Waals surface area contributed by atoms with Crippen molar-refractivity contribution in [2.75, 3.05) is 6.61 Å². The molecule has 0 radical (unpaired) electrons. The number of ether oxygens (including phenoxy) is 2. The van der Waals surface area contributed by atoms with Crippen LogP contribution in [0.25, 0.3) is 11.4 Å². The molecule has 15 heteroatoms. The van der Waals surface area contributed by atoms with Gasteiger partial charge in [-0.1, -0.05) is 6.08 Å². The zero-order valence-corrected chi connectivity index (χ0v) is 24.2. The van der Waals surface area contributed by atoms with Crippen molar-refractivity contribution in [2.45, 2.75) is 70.9 Å². The van der Waals surface area contributed by atoms with Crippen LogP contribution in [0.2, 0.25) is 0 Å². The molecule has 0 aliphatic carbocycles. The van der Waals surface area contributed by atoms with Crippen LogP contribution in [0, 0.1) is 0 Å². The number of esters is 1. The number of nitrogens with one attached hydrogen (secondary N) is 1. The fourth-order valence-electron chi connectivity index (χ4n) is 3.92. The minimum Gasteiger partial charge on any atom is -0.462 e. The summed E-state index contributed by atoms with van der Waals surface area (Å²) in [6, 6.07) is 5.78. The zero-order valence-electron chi connectivity index (χ0n) is 23.3. The van der Waals surface area contributed by atoms with Crippen molar-refractivity contribution in [3.63, 3.8) is 0 Å². The van der Waals surface area contributed by atoms with Crippen molar-refractivity contribution in [1.82, 2.24) is 20.0 Å². The molecule has 1 fully saturated rings. The Morgan fingerprint density at radius 1 is 1.27 bits per heavy atom. The van der Waals surface area contributed by atoms with Crippen molar-refractivity contribution in [1.29, 1.82) is 0 Å². The number of rotatable bonds is 12. The third-order valence-corrected chi connectivity index (χ3v) is 7.55. The monoisotopic (exact) mass is 595 g/mol. The minimum absolute atomic E-state index is 0.0963. The Balaban J connectivity index is 1.82. The smallest absolute Gasteiger partial charge is 0.459 e. The van der Waals surface area contributed by atoms with E-state index in [9.17, 15) is 19.3 Å². The maximum Gasteiger partial charge on any atom is 0.459 e. The number of benzene rings is 1. The second kappa shape index (κ2) is 13.5. The number of carbonyl (C=O) groups is 2. The molecule has 0 bridgehead atoms. The number of urea groups is 1. The highest BCUT2D eigenvalue weighted by Crippen LogP contribution is 2.47. The van der Waals surface area contributed by atoms with E-state index < -0.39 is 62.6 Å². The lowest BCUT2D eigenvalue weighted by molar-refractivity contribution is -0.149. The molecule has 41 heavy (non-hydrogen) atoms. The van der Waals surface area contributed by atoms with Gasteiger partial charge in [-0.2, -0.15) is 5.09 Å². The van der Waals surface area contributed by atoms with Crippen molar-refractivity contribution in [2.24, 2.45) is 5.73 Å². The van der Waals surface area contributed by atoms with Crippen LogP contribution in [-0.4, -0.2) is 74.8 Å². The number of amides is 2. The third kappa shape index (κ3) is 8.08. The number of nitrogens with two attached hydrogens (primary N) is 1. The molecule has 224 valence electrons. The molecule has 2 aromatic rings. The molecule has 6 unspecified atom stereocenters. The molecular weight excluding hydrogens is 560 g/mol. The van der Waals surface area contributed by atoms with Gasteiger partial charge in [0, 0.05) is 24.2 Å². The van der Waals surface area contributed by atoms with E-state index in [1.807, 2.05) is 0 Å². The quantitative estimate of drug-likeness (QED) is 0.242. The Kier molecular flexibility index (Phi) is 10.6. The van der Waals surface area contributed by atoms with Crippen LogP contribution < -0.4 is 15.3 Å². The zero-order chi connectivity index (χ0) is 30.4. The summed E-state index contributed by atoms with van der Waals surface area (Å²) in [5, 5.41) is 13.2. The molecule has 1 aromatic carbocycles. The second-order valence-corrected chi connectivity index (χ2v) is 11.4. The van der Waals surface area contributed by atoms with Gasteiger partial charge in [-0.05, 0) is 65.0 Å². The standard InChI is InChI=1S/C26H35FN5O8P/c1-6-14-32(25(28)35)24-26(5,27)21(33)20(39-24)15-37-41(36,31-17(4)23(34)38-16(2)3)40-19-10-8-18(9-11-19)22-29-12-7-13-30-22/h6-14,16-17,20-21,24,33H,15H2,1-5H3,(H2,28,35)(H,31,36). The molecule has 1 aliphatic heterocycles. The Bertz CT molecular complexity index is 1260. The first-order valence-corrected chi connectivity index (χ1v) is 14.3. The highest BCUT2D eigenvalue weighted by molar-refractivity contribution is 7.52. The summed E-state index contributed by atoms with van der Waals surface area (Å²) >= 11 is 0. The van der Waals surface area contributed by atoms with Crippen LogP contribution in [0.3, 0.4) is 0 Å². The summed E-state index contributed by atoms with van der Waals surface area (Å²) < 4.78 is 51.4. The number of halogens is 1. The number of aromatic nitrogens is 2. The maximum absolute atomic E-state index is 15.5. The van der Waals surface area contributed by atoms with Crippen molar-refractivity contribution < 1.29 is 42.2 Å². The van der Waals surface area contributed by atoms with Gasteiger partial charge >= 0.3 is 19.7 Å². The van der Waals surface area contributed by atoms with E-state index in [1.54, 1.807) is 51.4 Å². The summed E-state index contributed by atoms with van der Waals surface area (Å²) in [5.41, 5.74) is 3.55. The van der Waals surface area contributed by atoms with Gasteiger partial charge in [0.25, 0.3) is 0 Å². The molecule has 13 nitrogen and oxygen atoms in total. The van der Waals surface area contributed by atoms with E-state index in [2.05, 4.69) is 15.1 Å². The van der Waals surface area contributed by atoms with Gasteiger partial charge in [0.05, 0.1) is 12.7 Å². The van der Waals surface area contributed by atoms with Crippen LogP contribution in [0.15, 0.2) is 55.0 Å². The fourth-order valence-corrected chi connectivity index (χ4v) is 5.42. The van der Waals surface area contributed by atoms with Gasteiger partial charge in [0.1, 0.15) is 24.0 Å². The Morgan fingerprint density at radius 3 is 2.46 bits per heavy atom. The SMILES string of the molecule is CC=CN(C(N)=O)C1OC(COP(=O)(NC(C)C(=O)OC(C)C)Oc2ccc(-c3ncccn3)cc2)C(O)C1(C)F. The highest BCUT2D eigenvalue weighted by atomic mass is 31.2. The maximum atomic E-state index is 15.5. The largest absolute Gasteiger partial charge is 0.462 e. The lowest BCUT2D eigenvalue weighted by Crippen LogP contribution is -2.51. The third-order valence-electron chi connectivity index (χ3n) is 5.90. The Morgan fingerprint density at radius 2 is 1.90 bits per heavy atom. The van der Waals surface area contributed by atoms with E-state index in [1.165, 1.54) is 31.3 Å². The minimum atomic E-state index is -4.39. The molecule has 1 aromatic heterocycles.